The Hall–Kier alpha value is -4.13. The Kier molecular flexibility index (Phi) is 5.06. The van der Waals surface area contributed by atoms with E-state index in [1.165, 1.54) is 0 Å². The highest BCUT2D eigenvalue weighted by molar-refractivity contribution is 6.13. The predicted molar refractivity (Wildman–Crippen MR) is 118 cm³/mol. The molecule has 31 heavy (non-hydrogen) atoms. The van der Waals surface area contributed by atoms with Crippen LogP contribution in [0.1, 0.15) is 30.7 Å². The van der Waals surface area contributed by atoms with Crippen LogP contribution < -0.4 is 0 Å². The lowest BCUT2D eigenvalue weighted by Crippen LogP contribution is -2.12. The molecule has 0 spiro atoms. The number of para-hydroxylation sites is 2. The molecule has 0 bridgehead atoms. The highest BCUT2D eigenvalue weighted by Crippen LogP contribution is 2.27. The first-order valence-corrected chi connectivity index (χ1v) is 10.2. The van der Waals surface area contributed by atoms with E-state index in [-0.39, 0.29) is 5.78 Å². The van der Waals surface area contributed by atoms with E-state index in [9.17, 15) is 4.79 Å². The van der Waals surface area contributed by atoms with Crippen molar-refractivity contribution in [2.45, 2.75) is 19.3 Å². The molecule has 5 rings (SSSR count). The first kappa shape index (κ1) is 18.9. The Morgan fingerprint density at radius 3 is 1.58 bits per heavy atom. The smallest absolute Gasteiger partial charge is 0.185 e. The number of aromatic nitrogens is 6. The summed E-state index contributed by atoms with van der Waals surface area (Å²) >= 11 is 0. The molecule has 0 amide bonds. The van der Waals surface area contributed by atoms with E-state index >= 15 is 0 Å². The van der Waals surface area contributed by atoms with Crippen molar-refractivity contribution < 1.29 is 4.79 Å². The van der Waals surface area contributed by atoms with Gasteiger partial charge >= 0.3 is 0 Å². The van der Waals surface area contributed by atoms with Crippen molar-refractivity contribution in [3.63, 3.8) is 0 Å². The summed E-state index contributed by atoms with van der Waals surface area (Å²) in [6, 6.07) is 19.5. The zero-order chi connectivity index (χ0) is 21.0. The first-order chi connectivity index (χ1) is 15.3. The molecule has 1 fully saturated rings. The Balaban J connectivity index is 1.37. The highest BCUT2D eigenvalue weighted by Gasteiger charge is 2.21. The van der Waals surface area contributed by atoms with Gasteiger partial charge < -0.3 is 0 Å². The summed E-state index contributed by atoms with van der Waals surface area (Å²) in [5, 5.41) is 16.8. The van der Waals surface area contributed by atoms with Crippen LogP contribution in [0.3, 0.4) is 0 Å². The number of carbonyl (C=O) groups is 1. The molecule has 1 saturated carbocycles. The Morgan fingerprint density at radius 1 is 0.677 bits per heavy atom. The van der Waals surface area contributed by atoms with Gasteiger partial charge in [0.25, 0.3) is 0 Å². The van der Waals surface area contributed by atoms with Crippen LogP contribution in [-0.4, -0.2) is 35.8 Å². The van der Waals surface area contributed by atoms with Gasteiger partial charge in [0.15, 0.2) is 5.78 Å². The summed E-state index contributed by atoms with van der Waals surface area (Å²) in [7, 11) is 0. The van der Waals surface area contributed by atoms with Gasteiger partial charge in [-0.1, -0.05) is 46.8 Å². The summed E-state index contributed by atoms with van der Waals surface area (Å²) in [4.78, 5) is 13.0. The summed E-state index contributed by atoms with van der Waals surface area (Å²) in [6.45, 7) is 0. The number of hydrogen-bond donors (Lipinski definition) is 0. The predicted octanol–water partition coefficient (Wildman–Crippen LogP) is 4.07. The van der Waals surface area contributed by atoms with Crippen molar-refractivity contribution in [1.82, 2.24) is 30.0 Å². The van der Waals surface area contributed by atoms with Gasteiger partial charge in [-0.05, 0) is 55.7 Å². The molecule has 1 aliphatic rings. The molecule has 0 N–H and O–H groups in total. The minimum atomic E-state index is 0.0368. The van der Waals surface area contributed by atoms with E-state index < -0.39 is 0 Å². The molecule has 2 heterocycles. The number of rotatable bonds is 4. The quantitative estimate of drug-likeness (QED) is 0.476. The summed E-state index contributed by atoms with van der Waals surface area (Å²) < 4.78 is 3.41. The number of hydrogen-bond acceptors (Lipinski definition) is 5. The number of allylic oxidation sites excluding steroid dienone is 2. The fourth-order valence-electron chi connectivity index (χ4n) is 3.63. The summed E-state index contributed by atoms with van der Waals surface area (Å²) in [5.41, 5.74) is 4.68. The van der Waals surface area contributed by atoms with Gasteiger partial charge in [0.05, 0.1) is 23.8 Å². The minimum absolute atomic E-state index is 0.0368. The van der Waals surface area contributed by atoms with Crippen molar-refractivity contribution in [3.05, 3.63) is 95.6 Å². The van der Waals surface area contributed by atoms with E-state index in [4.69, 9.17) is 0 Å². The zero-order valence-corrected chi connectivity index (χ0v) is 16.8. The van der Waals surface area contributed by atoms with Gasteiger partial charge in [0.1, 0.15) is 11.4 Å². The van der Waals surface area contributed by atoms with Crippen LogP contribution in [0.2, 0.25) is 0 Å². The molecule has 0 radical (unpaired) electrons. The molecule has 4 aromatic rings. The second kappa shape index (κ2) is 8.31. The van der Waals surface area contributed by atoms with Gasteiger partial charge in [0, 0.05) is 11.1 Å². The normalized spacial score (nSPS) is 16.8. The maximum Gasteiger partial charge on any atom is 0.185 e. The SMILES string of the molecule is O=C1/C(=C/c2cn(-c3ccccc3)nn2)CCC/C1=C\c1cn(-c2ccccc2)nn1. The molecule has 2 aromatic heterocycles. The van der Waals surface area contributed by atoms with Crippen LogP contribution in [-0.2, 0) is 4.79 Å². The molecular formula is C24H20N6O. The number of ketones is 1. The van der Waals surface area contributed by atoms with Crippen LogP contribution in [0.15, 0.2) is 84.2 Å². The average molecular weight is 408 g/mol. The standard InChI is InChI=1S/C24H20N6O/c31-24-18(14-20-16-29(27-25-20)22-10-3-1-4-11-22)8-7-9-19(24)15-21-17-30(28-26-21)23-12-5-2-6-13-23/h1-6,10-17H,7-9H2/b18-14+,19-15+. The van der Waals surface area contributed by atoms with Crippen molar-refractivity contribution in [2.24, 2.45) is 0 Å². The van der Waals surface area contributed by atoms with Crippen LogP contribution in [0.4, 0.5) is 0 Å². The van der Waals surface area contributed by atoms with E-state index in [2.05, 4.69) is 20.6 Å². The molecule has 0 saturated heterocycles. The lowest BCUT2D eigenvalue weighted by Gasteiger charge is -2.15. The van der Waals surface area contributed by atoms with Crippen LogP contribution in [0.25, 0.3) is 23.5 Å². The molecule has 0 aliphatic heterocycles. The Labute approximate surface area is 179 Å². The number of benzene rings is 2. The lowest BCUT2D eigenvalue weighted by molar-refractivity contribution is -0.112. The average Bonchev–Trinajstić information content (AvgIpc) is 3.48. The molecule has 1 aliphatic carbocycles. The molecule has 2 aromatic carbocycles. The fourth-order valence-corrected chi connectivity index (χ4v) is 3.63. The number of nitrogens with zero attached hydrogens (tertiary/aromatic N) is 6. The second-order valence-corrected chi connectivity index (χ2v) is 7.37. The first-order valence-electron chi connectivity index (χ1n) is 10.2. The van der Waals surface area contributed by atoms with Crippen molar-refractivity contribution in [1.29, 1.82) is 0 Å². The van der Waals surface area contributed by atoms with Crippen LogP contribution >= 0.6 is 0 Å². The maximum absolute atomic E-state index is 13.0. The molecule has 0 unspecified atom stereocenters. The number of Topliss-reactive ketones (excluding diaryl/α,β-unsaturated/α-hetero) is 1. The van der Waals surface area contributed by atoms with Crippen LogP contribution in [0, 0.1) is 0 Å². The van der Waals surface area contributed by atoms with E-state index in [1.54, 1.807) is 9.36 Å². The molecule has 0 atom stereocenters. The van der Waals surface area contributed by atoms with Gasteiger partial charge in [-0.25, -0.2) is 9.36 Å². The third kappa shape index (κ3) is 4.11. The van der Waals surface area contributed by atoms with Gasteiger partial charge in [-0.15, -0.1) is 10.2 Å². The van der Waals surface area contributed by atoms with Crippen LogP contribution in [0.5, 0.6) is 0 Å². The lowest BCUT2D eigenvalue weighted by atomic mass is 9.88. The fraction of sp³-hybridized carbons (Fsp3) is 0.125. The zero-order valence-electron chi connectivity index (χ0n) is 16.8. The number of carbonyl (C=O) groups excluding carboxylic acids is 1. The minimum Gasteiger partial charge on any atom is -0.289 e. The van der Waals surface area contributed by atoms with Gasteiger partial charge in [-0.2, -0.15) is 0 Å². The molecular weight excluding hydrogens is 388 g/mol. The Bertz CT molecular complexity index is 1170. The van der Waals surface area contributed by atoms with Gasteiger partial charge in [-0.3, -0.25) is 4.79 Å². The highest BCUT2D eigenvalue weighted by atomic mass is 16.1. The van der Waals surface area contributed by atoms with Gasteiger partial charge in [0.2, 0.25) is 0 Å². The van der Waals surface area contributed by atoms with E-state index in [0.29, 0.717) is 11.4 Å². The van der Waals surface area contributed by atoms with Crippen molar-refractivity contribution in [3.8, 4) is 11.4 Å². The van der Waals surface area contributed by atoms with Crippen molar-refractivity contribution in [2.75, 3.05) is 0 Å². The van der Waals surface area contributed by atoms with E-state index in [1.807, 2.05) is 85.2 Å². The summed E-state index contributed by atoms with van der Waals surface area (Å²) in [5.74, 6) is 0.0368. The molecule has 7 heteroatoms. The monoisotopic (exact) mass is 408 g/mol. The van der Waals surface area contributed by atoms with Crippen molar-refractivity contribution >= 4 is 17.9 Å². The van der Waals surface area contributed by atoms with E-state index in [0.717, 1.165) is 41.8 Å². The maximum atomic E-state index is 13.0. The third-order valence-corrected chi connectivity index (χ3v) is 5.18. The third-order valence-electron chi connectivity index (χ3n) is 5.18. The Morgan fingerprint density at radius 2 is 1.13 bits per heavy atom. The summed E-state index contributed by atoms with van der Waals surface area (Å²) in [6.07, 6.45) is 9.70. The topological polar surface area (TPSA) is 78.5 Å². The largest absolute Gasteiger partial charge is 0.289 e. The second-order valence-electron chi connectivity index (χ2n) is 7.37. The molecule has 7 nitrogen and oxygen atoms in total. The molecule has 152 valence electrons.